The molecule has 2 heterocycles. The number of rotatable bonds is 4. The maximum absolute atomic E-state index is 12.9. The van der Waals surface area contributed by atoms with Crippen LogP contribution in [0.3, 0.4) is 0 Å². The molecule has 7 nitrogen and oxygen atoms in total. The van der Waals surface area contributed by atoms with Gasteiger partial charge in [-0.3, -0.25) is 14.3 Å². The standard InChI is InChI=1S/C19H22ClN5O2/c1-12-14-10-22-25(19(2,3)4)17(14)18(27)24(23-12)11-16(26)21-9-13-7-5-6-8-15(13)20/h5-8,10H,9,11H2,1-4H3,(H,21,26). The molecular weight excluding hydrogens is 366 g/mol. The molecule has 0 spiro atoms. The number of benzene rings is 1. The molecular formula is C19H22ClN5O2. The molecule has 0 aliphatic rings. The largest absolute Gasteiger partial charge is 0.350 e. The number of carbonyl (C=O) groups is 1. The molecule has 0 radical (unpaired) electrons. The highest BCUT2D eigenvalue weighted by Gasteiger charge is 2.22. The number of halogens is 1. The van der Waals surface area contributed by atoms with Crippen LogP contribution in [0.5, 0.6) is 0 Å². The van der Waals surface area contributed by atoms with Crippen molar-refractivity contribution >= 4 is 28.4 Å². The number of carbonyl (C=O) groups excluding carboxylic acids is 1. The Morgan fingerprint density at radius 2 is 1.96 bits per heavy atom. The van der Waals surface area contributed by atoms with Crippen molar-refractivity contribution in [3.63, 3.8) is 0 Å². The molecule has 0 atom stereocenters. The minimum Gasteiger partial charge on any atom is -0.350 e. The van der Waals surface area contributed by atoms with Gasteiger partial charge >= 0.3 is 0 Å². The van der Waals surface area contributed by atoms with E-state index >= 15 is 0 Å². The summed E-state index contributed by atoms with van der Waals surface area (Å²) in [6.45, 7) is 7.82. The monoisotopic (exact) mass is 387 g/mol. The molecule has 0 unspecified atom stereocenters. The smallest absolute Gasteiger partial charge is 0.293 e. The van der Waals surface area contributed by atoms with Crippen LogP contribution in [0, 0.1) is 6.92 Å². The van der Waals surface area contributed by atoms with E-state index in [1.807, 2.05) is 39.0 Å². The minimum atomic E-state index is -0.362. The highest BCUT2D eigenvalue weighted by molar-refractivity contribution is 6.31. The summed E-state index contributed by atoms with van der Waals surface area (Å²) in [4.78, 5) is 25.3. The molecule has 1 amide bonds. The second kappa shape index (κ2) is 7.15. The van der Waals surface area contributed by atoms with Crippen LogP contribution in [0.1, 0.15) is 32.0 Å². The first kappa shape index (κ1) is 19.1. The van der Waals surface area contributed by atoms with E-state index in [9.17, 15) is 9.59 Å². The quantitative estimate of drug-likeness (QED) is 0.746. The highest BCUT2D eigenvalue weighted by atomic mass is 35.5. The molecule has 0 saturated carbocycles. The van der Waals surface area contributed by atoms with E-state index in [1.54, 1.807) is 23.9 Å². The summed E-state index contributed by atoms with van der Waals surface area (Å²) in [5, 5.41) is 12.7. The zero-order valence-corrected chi connectivity index (χ0v) is 16.5. The lowest BCUT2D eigenvalue weighted by atomic mass is 10.1. The zero-order valence-electron chi connectivity index (χ0n) is 15.8. The van der Waals surface area contributed by atoms with E-state index in [4.69, 9.17) is 11.6 Å². The first-order valence-corrected chi connectivity index (χ1v) is 9.02. The number of amides is 1. The highest BCUT2D eigenvalue weighted by Crippen LogP contribution is 2.20. The maximum Gasteiger partial charge on any atom is 0.293 e. The molecule has 0 bridgehead atoms. The fourth-order valence-corrected chi connectivity index (χ4v) is 3.07. The van der Waals surface area contributed by atoms with Crippen LogP contribution < -0.4 is 10.9 Å². The van der Waals surface area contributed by atoms with Gasteiger partial charge in [0.25, 0.3) is 5.56 Å². The van der Waals surface area contributed by atoms with E-state index < -0.39 is 0 Å². The van der Waals surface area contributed by atoms with Crippen LogP contribution in [0.15, 0.2) is 35.3 Å². The fraction of sp³-hybridized carbons (Fsp3) is 0.368. The van der Waals surface area contributed by atoms with Gasteiger partial charge in [-0.25, -0.2) is 4.68 Å². The van der Waals surface area contributed by atoms with Gasteiger partial charge in [0, 0.05) is 17.0 Å². The van der Waals surface area contributed by atoms with Gasteiger partial charge < -0.3 is 5.32 Å². The first-order valence-electron chi connectivity index (χ1n) is 8.64. The van der Waals surface area contributed by atoms with Crippen LogP contribution in [-0.4, -0.2) is 25.5 Å². The van der Waals surface area contributed by atoms with Crippen LogP contribution in [0.2, 0.25) is 5.02 Å². The number of nitrogens with one attached hydrogen (secondary N) is 1. The van der Waals surface area contributed by atoms with E-state index in [0.29, 0.717) is 21.6 Å². The second-order valence-corrected chi connectivity index (χ2v) is 7.81. The molecule has 8 heteroatoms. The number of fused-ring (bicyclic) bond motifs is 1. The normalized spacial score (nSPS) is 11.7. The lowest BCUT2D eigenvalue weighted by Crippen LogP contribution is -2.35. The van der Waals surface area contributed by atoms with E-state index in [2.05, 4.69) is 15.5 Å². The fourth-order valence-electron chi connectivity index (χ4n) is 2.86. The van der Waals surface area contributed by atoms with Crippen molar-refractivity contribution in [1.82, 2.24) is 24.9 Å². The summed E-state index contributed by atoms with van der Waals surface area (Å²) >= 11 is 6.10. The SMILES string of the molecule is Cc1nn(CC(=O)NCc2ccccc2Cl)c(=O)c2c1cnn2C(C)(C)C. The Bertz CT molecular complexity index is 1060. The molecule has 1 aromatic carbocycles. The Morgan fingerprint density at radius 1 is 1.26 bits per heavy atom. The van der Waals surface area contributed by atoms with Gasteiger partial charge in [0.05, 0.1) is 17.4 Å². The van der Waals surface area contributed by atoms with Crippen LogP contribution in [0.25, 0.3) is 10.9 Å². The van der Waals surface area contributed by atoms with Gasteiger partial charge in [-0.1, -0.05) is 29.8 Å². The molecule has 0 saturated heterocycles. The Balaban J connectivity index is 1.87. The van der Waals surface area contributed by atoms with Crippen LogP contribution in [0.4, 0.5) is 0 Å². The first-order chi connectivity index (χ1) is 12.7. The summed E-state index contributed by atoms with van der Waals surface area (Å²) in [6, 6.07) is 7.28. The Labute approximate surface area is 161 Å². The lowest BCUT2D eigenvalue weighted by Gasteiger charge is -2.20. The third-order valence-electron chi connectivity index (χ3n) is 4.23. The summed E-state index contributed by atoms with van der Waals surface area (Å²) < 4.78 is 2.86. The third kappa shape index (κ3) is 3.88. The van der Waals surface area contributed by atoms with Crippen molar-refractivity contribution in [3.8, 4) is 0 Å². The number of aryl methyl sites for hydroxylation is 1. The Kier molecular flexibility index (Phi) is 5.06. The molecule has 27 heavy (non-hydrogen) atoms. The van der Waals surface area contributed by atoms with E-state index in [-0.39, 0.29) is 30.1 Å². The van der Waals surface area contributed by atoms with Gasteiger partial charge in [0.15, 0.2) is 0 Å². The number of hydrogen-bond donors (Lipinski definition) is 1. The molecule has 0 aliphatic carbocycles. The molecule has 3 aromatic rings. The summed E-state index contributed by atoms with van der Waals surface area (Å²) in [6.07, 6.45) is 1.64. The number of aromatic nitrogens is 4. The van der Waals surface area contributed by atoms with Crippen molar-refractivity contribution in [2.24, 2.45) is 0 Å². The predicted octanol–water partition coefficient (Wildman–Crippen LogP) is 2.63. The average Bonchev–Trinajstić information content (AvgIpc) is 3.05. The van der Waals surface area contributed by atoms with Crippen molar-refractivity contribution in [1.29, 1.82) is 0 Å². The van der Waals surface area contributed by atoms with E-state index in [0.717, 1.165) is 5.56 Å². The molecule has 3 rings (SSSR count). The Hall–Kier alpha value is -2.67. The molecule has 142 valence electrons. The second-order valence-electron chi connectivity index (χ2n) is 7.41. The zero-order chi connectivity index (χ0) is 19.8. The van der Waals surface area contributed by atoms with Gasteiger partial charge in [-0.2, -0.15) is 10.2 Å². The lowest BCUT2D eigenvalue weighted by molar-refractivity contribution is -0.122. The topological polar surface area (TPSA) is 81.8 Å². The average molecular weight is 388 g/mol. The van der Waals surface area contributed by atoms with Gasteiger partial charge in [0.2, 0.25) is 5.91 Å². The predicted molar refractivity (Wildman–Crippen MR) is 105 cm³/mol. The van der Waals surface area contributed by atoms with Gasteiger partial charge in [-0.15, -0.1) is 0 Å². The van der Waals surface area contributed by atoms with E-state index in [1.165, 1.54) is 4.68 Å². The molecule has 1 N–H and O–H groups in total. The number of hydrogen-bond acceptors (Lipinski definition) is 4. The number of nitrogens with zero attached hydrogens (tertiary/aromatic N) is 4. The molecule has 0 aliphatic heterocycles. The molecule has 2 aromatic heterocycles. The minimum absolute atomic E-state index is 0.171. The van der Waals surface area contributed by atoms with Crippen molar-refractivity contribution < 1.29 is 4.79 Å². The van der Waals surface area contributed by atoms with Crippen molar-refractivity contribution in [3.05, 3.63) is 57.1 Å². The summed E-state index contributed by atoms with van der Waals surface area (Å²) in [5.41, 5.74) is 1.22. The summed E-state index contributed by atoms with van der Waals surface area (Å²) in [7, 11) is 0. The van der Waals surface area contributed by atoms with Crippen LogP contribution >= 0.6 is 11.6 Å². The van der Waals surface area contributed by atoms with Gasteiger partial charge in [0.1, 0.15) is 12.1 Å². The summed E-state index contributed by atoms with van der Waals surface area (Å²) in [5.74, 6) is -0.315. The van der Waals surface area contributed by atoms with Crippen LogP contribution in [-0.2, 0) is 23.4 Å². The van der Waals surface area contributed by atoms with Gasteiger partial charge in [-0.05, 0) is 39.3 Å². The molecule has 0 fully saturated rings. The third-order valence-corrected chi connectivity index (χ3v) is 4.60. The Morgan fingerprint density at radius 3 is 2.63 bits per heavy atom. The van der Waals surface area contributed by atoms with Crippen molar-refractivity contribution in [2.75, 3.05) is 0 Å². The van der Waals surface area contributed by atoms with Crippen molar-refractivity contribution in [2.45, 2.75) is 46.3 Å². The maximum atomic E-state index is 12.9.